The Kier molecular flexibility index (Phi) is 2.13. The molecule has 3 rings (SSSR count). The molecule has 2 aliphatic carbocycles. The van der Waals surface area contributed by atoms with E-state index in [1.165, 1.54) is 19.3 Å². The minimum absolute atomic E-state index is 0.224. The number of nitrogens with one attached hydrogen (secondary N) is 1. The first-order valence-electron chi connectivity index (χ1n) is 5.91. The summed E-state index contributed by atoms with van der Waals surface area (Å²) in [4.78, 5) is 18.2. The van der Waals surface area contributed by atoms with Crippen LogP contribution in [0.4, 0.5) is 4.39 Å². The van der Waals surface area contributed by atoms with Gasteiger partial charge >= 0.3 is 0 Å². The summed E-state index contributed by atoms with van der Waals surface area (Å²) in [5.41, 5.74) is -0.396. The van der Waals surface area contributed by atoms with E-state index in [9.17, 15) is 9.18 Å². The predicted molar refractivity (Wildman–Crippen MR) is 57.7 cm³/mol. The number of aromatic nitrogens is 2. The highest BCUT2D eigenvalue weighted by atomic mass is 19.1. The molecule has 1 heterocycles. The number of nitrogens with zero attached hydrogens (tertiary/aromatic N) is 1. The summed E-state index contributed by atoms with van der Waals surface area (Å²) in [6, 6.07) is 0. The molecule has 3 atom stereocenters. The van der Waals surface area contributed by atoms with Gasteiger partial charge in [0.1, 0.15) is 5.82 Å². The Morgan fingerprint density at radius 3 is 2.75 bits per heavy atom. The fourth-order valence-corrected chi connectivity index (χ4v) is 3.35. The lowest BCUT2D eigenvalue weighted by atomic mass is 9.88. The zero-order valence-corrected chi connectivity index (χ0v) is 9.29. The monoisotopic (exact) mass is 222 g/mol. The van der Waals surface area contributed by atoms with Crippen LogP contribution in [0.2, 0.25) is 0 Å². The minimum atomic E-state index is -0.744. The molecule has 86 valence electrons. The molecule has 2 saturated carbocycles. The highest BCUT2D eigenvalue weighted by molar-refractivity contribution is 5.11. The Balaban J connectivity index is 1.99. The SMILES string of the molecule is Cc1nc(C2CC3CCC2C3)[nH]c(=O)c1F. The zero-order valence-electron chi connectivity index (χ0n) is 9.29. The third kappa shape index (κ3) is 1.39. The molecule has 16 heavy (non-hydrogen) atoms. The fraction of sp³-hybridized carbons (Fsp3) is 0.667. The topological polar surface area (TPSA) is 45.8 Å². The zero-order chi connectivity index (χ0) is 11.3. The van der Waals surface area contributed by atoms with Crippen LogP contribution < -0.4 is 5.56 Å². The molecule has 0 amide bonds. The summed E-state index contributed by atoms with van der Waals surface area (Å²) < 4.78 is 13.2. The van der Waals surface area contributed by atoms with E-state index in [0.717, 1.165) is 12.3 Å². The Labute approximate surface area is 93.1 Å². The molecule has 0 aromatic carbocycles. The fourth-order valence-electron chi connectivity index (χ4n) is 3.35. The molecule has 0 aliphatic heterocycles. The molecule has 2 bridgehead atoms. The number of hydrogen-bond donors (Lipinski definition) is 1. The summed E-state index contributed by atoms with van der Waals surface area (Å²) in [6.45, 7) is 1.56. The first-order chi connectivity index (χ1) is 7.65. The maximum atomic E-state index is 13.2. The number of aromatic amines is 1. The summed E-state index contributed by atoms with van der Waals surface area (Å²) in [5.74, 6) is 1.76. The summed E-state index contributed by atoms with van der Waals surface area (Å²) in [6.07, 6.45) is 4.91. The van der Waals surface area contributed by atoms with Crippen molar-refractivity contribution in [2.45, 2.75) is 38.5 Å². The molecule has 4 heteroatoms. The van der Waals surface area contributed by atoms with E-state index >= 15 is 0 Å². The summed E-state index contributed by atoms with van der Waals surface area (Å²) in [7, 11) is 0. The van der Waals surface area contributed by atoms with Gasteiger partial charge in [-0.25, -0.2) is 4.98 Å². The average molecular weight is 222 g/mol. The molecule has 1 aromatic rings. The first kappa shape index (κ1) is 10.00. The van der Waals surface area contributed by atoms with E-state index in [1.54, 1.807) is 6.92 Å². The van der Waals surface area contributed by atoms with E-state index in [4.69, 9.17) is 0 Å². The third-order valence-corrected chi connectivity index (χ3v) is 4.14. The number of fused-ring (bicyclic) bond motifs is 2. The van der Waals surface area contributed by atoms with Crippen molar-refractivity contribution in [3.63, 3.8) is 0 Å². The lowest BCUT2D eigenvalue weighted by Gasteiger charge is -2.20. The summed E-state index contributed by atoms with van der Waals surface area (Å²) >= 11 is 0. The average Bonchev–Trinajstić information content (AvgIpc) is 2.86. The second-order valence-electron chi connectivity index (χ2n) is 5.13. The highest BCUT2D eigenvalue weighted by Crippen LogP contribution is 2.51. The van der Waals surface area contributed by atoms with Crippen LogP contribution in [0, 0.1) is 24.6 Å². The lowest BCUT2D eigenvalue weighted by molar-refractivity contribution is 0.401. The lowest BCUT2D eigenvalue weighted by Crippen LogP contribution is -2.21. The van der Waals surface area contributed by atoms with Crippen LogP contribution in [0.15, 0.2) is 4.79 Å². The van der Waals surface area contributed by atoms with Crippen LogP contribution in [-0.4, -0.2) is 9.97 Å². The van der Waals surface area contributed by atoms with E-state index < -0.39 is 11.4 Å². The third-order valence-electron chi connectivity index (χ3n) is 4.14. The summed E-state index contributed by atoms with van der Waals surface area (Å²) in [5, 5.41) is 0. The second-order valence-corrected chi connectivity index (χ2v) is 5.13. The van der Waals surface area contributed by atoms with Crippen LogP contribution in [0.25, 0.3) is 0 Å². The number of hydrogen-bond acceptors (Lipinski definition) is 2. The molecule has 0 spiro atoms. The van der Waals surface area contributed by atoms with Gasteiger partial charge in [-0.1, -0.05) is 6.42 Å². The van der Waals surface area contributed by atoms with Crippen molar-refractivity contribution in [3.8, 4) is 0 Å². The quantitative estimate of drug-likeness (QED) is 0.791. The van der Waals surface area contributed by atoms with E-state index in [1.807, 2.05) is 0 Å². The maximum Gasteiger partial charge on any atom is 0.287 e. The van der Waals surface area contributed by atoms with Crippen LogP contribution in [0.5, 0.6) is 0 Å². The molecule has 0 radical (unpaired) electrons. The number of halogens is 1. The largest absolute Gasteiger partial charge is 0.308 e. The van der Waals surface area contributed by atoms with Crippen molar-refractivity contribution in [1.82, 2.24) is 9.97 Å². The normalized spacial score (nSPS) is 32.2. The molecular formula is C12H15FN2O. The van der Waals surface area contributed by atoms with Gasteiger partial charge in [-0.05, 0) is 38.0 Å². The van der Waals surface area contributed by atoms with Gasteiger partial charge in [-0.15, -0.1) is 0 Å². The van der Waals surface area contributed by atoms with Crippen molar-refractivity contribution in [2.24, 2.45) is 11.8 Å². The van der Waals surface area contributed by atoms with Gasteiger partial charge < -0.3 is 4.98 Å². The molecule has 2 fully saturated rings. The number of H-pyrrole nitrogens is 1. The van der Waals surface area contributed by atoms with Crippen molar-refractivity contribution in [3.05, 3.63) is 27.7 Å². The van der Waals surface area contributed by atoms with E-state index in [0.29, 0.717) is 17.7 Å². The molecule has 0 saturated heterocycles. The minimum Gasteiger partial charge on any atom is -0.308 e. The number of rotatable bonds is 1. The van der Waals surface area contributed by atoms with Crippen molar-refractivity contribution < 1.29 is 4.39 Å². The highest BCUT2D eigenvalue weighted by Gasteiger charge is 2.41. The standard InChI is InChI=1S/C12H15FN2O/c1-6-10(13)12(16)15-11(14-6)9-5-7-2-3-8(9)4-7/h7-9H,2-5H2,1H3,(H,14,15,16). The molecule has 3 nitrogen and oxygen atoms in total. The Morgan fingerprint density at radius 1 is 1.38 bits per heavy atom. The molecular weight excluding hydrogens is 207 g/mol. The Morgan fingerprint density at radius 2 is 2.19 bits per heavy atom. The van der Waals surface area contributed by atoms with Gasteiger partial charge in [0.05, 0.1) is 5.69 Å². The Hall–Kier alpha value is -1.19. The molecule has 2 aliphatic rings. The van der Waals surface area contributed by atoms with Gasteiger partial charge in [0.15, 0.2) is 0 Å². The number of aryl methyl sites for hydroxylation is 1. The van der Waals surface area contributed by atoms with Crippen LogP contribution in [0.3, 0.4) is 0 Å². The molecule has 3 unspecified atom stereocenters. The Bertz CT molecular complexity index is 482. The molecule has 1 aromatic heterocycles. The van der Waals surface area contributed by atoms with Crippen LogP contribution in [0.1, 0.15) is 43.1 Å². The van der Waals surface area contributed by atoms with Crippen molar-refractivity contribution >= 4 is 0 Å². The van der Waals surface area contributed by atoms with Crippen LogP contribution in [-0.2, 0) is 0 Å². The van der Waals surface area contributed by atoms with E-state index in [2.05, 4.69) is 9.97 Å². The molecule has 1 N–H and O–H groups in total. The van der Waals surface area contributed by atoms with Crippen LogP contribution >= 0.6 is 0 Å². The van der Waals surface area contributed by atoms with Gasteiger partial charge in [0.2, 0.25) is 5.82 Å². The van der Waals surface area contributed by atoms with Gasteiger partial charge in [0, 0.05) is 5.92 Å². The maximum absolute atomic E-state index is 13.2. The smallest absolute Gasteiger partial charge is 0.287 e. The first-order valence-corrected chi connectivity index (χ1v) is 5.91. The second kappa shape index (κ2) is 3.40. The predicted octanol–water partition coefficient (Wildman–Crippen LogP) is 2.12. The van der Waals surface area contributed by atoms with E-state index in [-0.39, 0.29) is 5.69 Å². The van der Waals surface area contributed by atoms with Gasteiger partial charge in [0.25, 0.3) is 5.56 Å². The van der Waals surface area contributed by atoms with Gasteiger partial charge in [-0.3, -0.25) is 4.79 Å². The van der Waals surface area contributed by atoms with Crippen molar-refractivity contribution in [1.29, 1.82) is 0 Å². The van der Waals surface area contributed by atoms with Crippen molar-refractivity contribution in [2.75, 3.05) is 0 Å². The van der Waals surface area contributed by atoms with Gasteiger partial charge in [-0.2, -0.15) is 4.39 Å².